The quantitative estimate of drug-likeness (QED) is 0.820. The van der Waals surface area contributed by atoms with Gasteiger partial charge in [0.15, 0.2) is 11.5 Å². The highest BCUT2D eigenvalue weighted by Crippen LogP contribution is 2.41. The highest BCUT2D eigenvalue weighted by molar-refractivity contribution is 7.89. The maximum Gasteiger partial charge on any atom is 0.241 e. The van der Waals surface area contributed by atoms with Gasteiger partial charge < -0.3 is 19.3 Å². The van der Waals surface area contributed by atoms with Gasteiger partial charge in [0.2, 0.25) is 15.8 Å². The van der Waals surface area contributed by atoms with Crippen LogP contribution in [0.25, 0.3) is 0 Å². The van der Waals surface area contributed by atoms with Crippen LogP contribution in [0.5, 0.6) is 17.2 Å². The first-order chi connectivity index (χ1) is 12.4. The van der Waals surface area contributed by atoms with Gasteiger partial charge in [-0.15, -0.1) is 0 Å². The van der Waals surface area contributed by atoms with Crippen molar-refractivity contribution in [2.24, 2.45) is 0 Å². The maximum atomic E-state index is 12.5. The normalized spacial score (nSPS) is 20.9. The van der Waals surface area contributed by atoms with Crippen molar-refractivity contribution >= 4 is 10.0 Å². The molecule has 2 atom stereocenters. The van der Waals surface area contributed by atoms with Crippen molar-refractivity contribution < 1.29 is 27.7 Å². The highest BCUT2D eigenvalue weighted by Gasteiger charge is 2.36. The molecule has 140 valence electrons. The Morgan fingerprint density at radius 1 is 1.00 bits per heavy atom. The van der Waals surface area contributed by atoms with E-state index in [1.807, 2.05) is 0 Å². The van der Waals surface area contributed by atoms with Gasteiger partial charge in [-0.1, -0.05) is 24.3 Å². The number of nitrogens with one attached hydrogen (secondary N) is 1. The average Bonchev–Trinajstić information content (AvgIpc) is 2.65. The summed E-state index contributed by atoms with van der Waals surface area (Å²) < 4.78 is 43.6. The fourth-order valence-corrected chi connectivity index (χ4v) is 4.72. The lowest BCUT2D eigenvalue weighted by molar-refractivity contribution is 0.131. The van der Waals surface area contributed by atoms with Crippen LogP contribution in [-0.2, 0) is 16.4 Å². The summed E-state index contributed by atoms with van der Waals surface area (Å²) in [5.74, 6) is 1.36. The molecule has 0 saturated carbocycles. The summed E-state index contributed by atoms with van der Waals surface area (Å²) in [5, 5.41) is 10.7. The molecule has 0 spiro atoms. The molecule has 2 aromatic carbocycles. The van der Waals surface area contributed by atoms with E-state index in [0.717, 1.165) is 0 Å². The minimum Gasteiger partial charge on any atom is -0.493 e. The molecule has 2 N–H and O–H groups in total. The van der Waals surface area contributed by atoms with Crippen molar-refractivity contribution in [3.63, 3.8) is 0 Å². The molecular weight excluding hydrogens is 358 g/mol. The molecule has 7 nitrogen and oxygen atoms in total. The number of aliphatic hydroxyl groups excluding tert-OH is 1. The SMILES string of the molecule is COc1ccc(C[C@H]2NS(=O)(=O)c3ccccc3[C@@H]2O)c(OC)c1OC. The fourth-order valence-electron chi connectivity index (χ4n) is 3.23. The summed E-state index contributed by atoms with van der Waals surface area (Å²) in [7, 11) is 0.818. The van der Waals surface area contributed by atoms with Crippen LogP contribution in [0, 0.1) is 0 Å². The lowest BCUT2D eigenvalue weighted by Crippen LogP contribution is -2.45. The highest BCUT2D eigenvalue weighted by atomic mass is 32.2. The lowest BCUT2D eigenvalue weighted by Gasteiger charge is -2.31. The van der Waals surface area contributed by atoms with Gasteiger partial charge in [-0.25, -0.2) is 13.1 Å². The van der Waals surface area contributed by atoms with Crippen LogP contribution in [0.3, 0.4) is 0 Å². The van der Waals surface area contributed by atoms with E-state index in [2.05, 4.69) is 4.72 Å². The number of benzene rings is 2. The summed E-state index contributed by atoms with van der Waals surface area (Å²) in [6, 6.07) is 9.18. The summed E-state index contributed by atoms with van der Waals surface area (Å²) in [5.41, 5.74) is 1.08. The first-order valence-corrected chi connectivity index (χ1v) is 9.48. The second-order valence-electron chi connectivity index (χ2n) is 5.91. The predicted octanol–water partition coefficient (Wildman–Crippen LogP) is 1.65. The van der Waals surface area contributed by atoms with Crippen LogP contribution >= 0.6 is 0 Å². The van der Waals surface area contributed by atoms with E-state index in [1.54, 1.807) is 30.3 Å². The largest absolute Gasteiger partial charge is 0.493 e. The molecule has 3 rings (SSSR count). The second kappa shape index (κ2) is 7.14. The number of aliphatic hydroxyl groups is 1. The van der Waals surface area contributed by atoms with Crippen molar-refractivity contribution in [1.29, 1.82) is 0 Å². The van der Waals surface area contributed by atoms with Gasteiger partial charge in [0.1, 0.15) is 0 Å². The van der Waals surface area contributed by atoms with Gasteiger partial charge in [0.05, 0.1) is 38.4 Å². The zero-order valence-electron chi connectivity index (χ0n) is 14.7. The maximum absolute atomic E-state index is 12.5. The Hall–Kier alpha value is -2.29. The molecule has 0 bridgehead atoms. The third kappa shape index (κ3) is 3.11. The molecule has 0 radical (unpaired) electrons. The van der Waals surface area contributed by atoms with Crippen LogP contribution in [-0.4, -0.2) is 40.9 Å². The number of ether oxygens (including phenoxy) is 3. The fraction of sp³-hybridized carbons (Fsp3) is 0.333. The van der Waals surface area contributed by atoms with Crippen LogP contribution in [0.4, 0.5) is 0 Å². The molecule has 2 aromatic rings. The summed E-state index contributed by atoms with van der Waals surface area (Å²) in [6.45, 7) is 0. The van der Waals surface area contributed by atoms with E-state index in [9.17, 15) is 13.5 Å². The molecule has 0 fully saturated rings. The van der Waals surface area contributed by atoms with Gasteiger partial charge in [-0.3, -0.25) is 0 Å². The number of hydrogen-bond donors (Lipinski definition) is 2. The molecule has 0 amide bonds. The van der Waals surface area contributed by atoms with Gasteiger partial charge in [-0.2, -0.15) is 0 Å². The molecular formula is C18H21NO6S. The number of rotatable bonds is 5. The third-order valence-corrected chi connectivity index (χ3v) is 6.00. The second-order valence-corrected chi connectivity index (χ2v) is 7.59. The van der Waals surface area contributed by atoms with Crippen molar-refractivity contribution in [3.05, 3.63) is 47.5 Å². The van der Waals surface area contributed by atoms with Crippen molar-refractivity contribution in [2.75, 3.05) is 21.3 Å². The van der Waals surface area contributed by atoms with Gasteiger partial charge in [-0.05, 0) is 24.1 Å². The van der Waals surface area contributed by atoms with Crippen molar-refractivity contribution in [2.45, 2.75) is 23.5 Å². The standard InChI is InChI=1S/C18H21NO6S/c1-23-14-9-8-11(17(24-2)18(14)25-3)10-13-16(20)12-6-4-5-7-15(12)26(21,22)19-13/h4-9,13,16,19-20H,10H2,1-3H3/t13-,16+/m1/s1. The minimum absolute atomic E-state index is 0.100. The molecule has 0 unspecified atom stereocenters. The van der Waals surface area contributed by atoms with Gasteiger partial charge in [0.25, 0.3) is 0 Å². The van der Waals surface area contributed by atoms with Crippen LogP contribution in [0.1, 0.15) is 17.2 Å². The van der Waals surface area contributed by atoms with Gasteiger partial charge >= 0.3 is 0 Å². The number of sulfonamides is 1. The zero-order valence-corrected chi connectivity index (χ0v) is 15.5. The Labute approximate surface area is 152 Å². The Bertz CT molecular complexity index is 912. The summed E-state index contributed by atoms with van der Waals surface area (Å²) in [4.78, 5) is 0.100. The average molecular weight is 379 g/mol. The van der Waals surface area contributed by atoms with Gasteiger partial charge in [0, 0.05) is 5.56 Å². The zero-order chi connectivity index (χ0) is 18.9. The first-order valence-electron chi connectivity index (χ1n) is 8.00. The summed E-state index contributed by atoms with van der Waals surface area (Å²) in [6.07, 6.45) is -0.759. The van der Waals surface area contributed by atoms with E-state index in [-0.39, 0.29) is 11.3 Å². The Balaban J connectivity index is 2.00. The molecule has 1 aliphatic rings. The van der Waals surface area contributed by atoms with E-state index in [4.69, 9.17) is 14.2 Å². The first kappa shape index (κ1) is 18.5. The summed E-state index contributed by atoms with van der Waals surface area (Å²) >= 11 is 0. The lowest BCUT2D eigenvalue weighted by atomic mass is 9.95. The number of hydrogen-bond acceptors (Lipinski definition) is 6. The van der Waals surface area contributed by atoms with E-state index >= 15 is 0 Å². The molecule has 0 aliphatic carbocycles. The smallest absolute Gasteiger partial charge is 0.241 e. The van der Waals surface area contributed by atoms with Crippen molar-refractivity contribution in [1.82, 2.24) is 4.72 Å². The third-order valence-electron chi connectivity index (χ3n) is 4.44. The monoisotopic (exact) mass is 379 g/mol. The minimum atomic E-state index is -3.70. The van der Waals surface area contributed by atoms with Crippen LogP contribution in [0.15, 0.2) is 41.3 Å². The number of methoxy groups -OCH3 is 3. The van der Waals surface area contributed by atoms with Crippen LogP contribution in [0.2, 0.25) is 0 Å². The van der Waals surface area contributed by atoms with Crippen LogP contribution < -0.4 is 18.9 Å². The predicted molar refractivity (Wildman–Crippen MR) is 95.3 cm³/mol. The molecule has 26 heavy (non-hydrogen) atoms. The van der Waals surface area contributed by atoms with E-state index in [0.29, 0.717) is 28.4 Å². The Kier molecular flexibility index (Phi) is 5.08. The number of fused-ring (bicyclic) bond motifs is 1. The Morgan fingerprint density at radius 2 is 1.69 bits per heavy atom. The van der Waals surface area contributed by atoms with E-state index in [1.165, 1.54) is 27.4 Å². The van der Waals surface area contributed by atoms with Crippen molar-refractivity contribution in [3.8, 4) is 17.2 Å². The molecule has 1 heterocycles. The molecule has 8 heteroatoms. The molecule has 1 aliphatic heterocycles. The van der Waals surface area contributed by atoms with E-state index < -0.39 is 22.2 Å². The Morgan fingerprint density at radius 3 is 2.35 bits per heavy atom. The topological polar surface area (TPSA) is 94.1 Å². The molecule has 0 saturated heterocycles. The molecule has 0 aromatic heterocycles.